The predicted molar refractivity (Wildman–Crippen MR) is 80.6 cm³/mol. The van der Waals surface area contributed by atoms with Gasteiger partial charge in [0.15, 0.2) is 0 Å². The molecule has 1 heterocycles. The maximum atomic E-state index is 12.2. The van der Waals surface area contributed by atoms with E-state index in [9.17, 15) is 8.42 Å². The minimum absolute atomic E-state index is 0.198. The third-order valence-electron chi connectivity index (χ3n) is 2.81. The summed E-state index contributed by atoms with van der Waals surface area (Å²) in [4.78, 5) is 4.10. The maximum absolute atomic E-state index is 12.2. The molecule has 0 saturated heterocycles. The summed E-state index contributed by atoms with van der Waals surface area (Å²) in [6.07, 6.45) is 0. The largest absolute Gasteiger partial charge is 0.263 e. The summed E-state index contributed by atoms with van der Waals surface area (Å²) < 4.78 is 26.8. The van der Waals surface area contributed by atoms with Gasteiger partial charge < -0.3 is 0 Å². The average molecular weight is 311 g/mol. The van der Waals surface area contributed by atoms with Crippen LogP contribution in [0.2, 0.25) is 5.15 Å². The topological polar surface area (TPSA) is 59.1 Å². The lowest BCUT2D eigenvalue weighted by molar-refractivity contribution is 0.601. The van der Waals surface area contributed by atoms with E-state index in [-0.39, 0.29) is 15.9 Å². The third-order valence-corrected chi connectivity index (χ3v) is 4.39. The van der Waals surface area contributed by atoms with Crippen LogP contribution in [0.3, 0.4) is 0 Å². The van der Waals surface area contributed by atoms with Crippen molar-refractivity contribution in [2.45, 2.75) is 24.7 Å². The molecule has 0 aliphatic heterocycles. The average Bonchev–Trinajstić information content (AvgIpc) is 2.38. The first kappa shape index (κ1) is 14.8. The minimum Gasteiger partial charge on any atom is -0.263 e. The second kappa shape index (κ2) is 5.81. The molecule has 0 bridgehead atoms. The number of sulfonamides is 1. The number of nitrogens with zero attached hydrogens (tertiary/aromatic N) is 1. The molecule has 106 valence electrons. The summed E-state index contributed by atoms with van der Waals surface area (Å²) in [6, 6.07) is 11.6. The molecule has 1 aromatic heterocycles. The first-order valence-electron chi connectivity index (χ1n) is 6.14. The van der Waals surface area contributed by atoms with E-state index in [1.54, 1.807) is 30.3 Å². The van der Waals surface area contributed by atoms with E-state index in [2.05, 4.69) is 23.6 Å². The van der Waals surface area contributed by atoms with Crippen LogP contribution in [0.25, 0.3) is 0 Å². The van der Waals surface area contributed by atoms with Crippen LogP contribution < -0.4 is 4.72 Å². The monoisotopic (exact) mass is 310 g/mol. The molecule has 0 atom stereocenters. The van der Waals surface area contributed by atoms with Gasteiger partial charge in [0.05, 0.1) is 4.90 Å². The molecule has 20 heavy (non-hydrogen) atoms. The van der Waals surface area contributed by atoms with Crippen molar-refractivity contribution in [3.05, 3.63) is 53.2 Å². The summed E-state index contributed by atoms with van der Waals surface area (Å²) in [7, 11) is -3.64. The zero-order valence-electron chi connectivity index (χ0n) is 11.2. The number of halogens is 1. The van der Waals surface area contributed by atoms with Crippen molar-refractivity contribution in [1.82, 2.24) is 4.98 Å². The van der Waals surface area contributed by atoms with E-state index in [4.69, 9.17) is 11.6 Å². The van der Waals surface area contributed by atoms with Crippen LogP contribution in [0.1, 0.15) is 25.3 Å². The lowest BCUT2D eigenvalue weighted by Crippen LogP contribution is -2.13. The Hall–Kier alpha value is -1.59. The van der Waals surface area contributed by atoms with Gasteiger partial charge in [0.1, 0.15) is 11.0 Å². The Morgan fingerprint density at radius 1 is 1.10 bits per heavy atom. The predicted octanol–water partition coefficient (Wildman–Crippen LogP) is 3.66. The van der Waals surface area contributed by atoms with Gasteiger partial charge in [-0.15, -0.1) is 0 Å². The molecule has 4 nitrogen and oxygen atoms in total. The summed E-state index contributed by atoms with van der Waals surface area (Å²) in [5.41, 5.74) is 1.09. The van der Waals surface area contributed by atoms with E-state index in [1.807, 2.05) is 12.1 Å². The van der Waals surface area contributed by atoms with Crippen LogP contribution in [-0.2, 0) is 10.0 Å². The fourth-order valence-corrected chi connectivity index (χ4v) is 2.86. The van der Waals surface area contributed by atoms with E-state index < -0.39 is 10.0 Å². The van der Waals surface area contributed by atoms with E-state index in [0.29, 0.717) is 5.92 Å². The van der Waals surface area contributed by atoms with Crippen molar-refractivity contribution in [1.29, 1.82) is 0 Å². The van der Waals surface area contributed by atoms with Crippen LogP contribution in [0, 0.1) is 0 Å². The van der Waals surface area contributed by atoms with E-state index >= 15 is 0 Å². The van der Waals surface area contributed by atoms with Crippen LogP contribution in [-0.4, -0.2) is 13.4 Å². The number of aromatic nitrogens is 1. The first-order valence-corrected chi connectivity index (χ1v) is 8.00. The second-order valence-corrected chi connectivity index (χ2v) is 6.74. The van der Waals surface area contributed by atoms with Crippen molar-refractivity contribution in [3.63, 3.8) is 0 Å². The minimum atomic E-state index is -3.64. The Labute approximate surface area is 123 Å². The molecule has 0 amide bonds. The van der Waals surface area contributed by atoms with Gasteiger partial charge in [-0.3, -0.25) is 4.72 Å². The van der Waals surface area contributed by atoms with Gasteiger partial charge in [-0.2, -0.15) is 0 Å². The number of pyridine rings is 1. The Kier molecular flexibility index (Phi) is 4.30. The summed E-state index contributed by atoms with van der Waals surface area (Å²) >= 11 is 5.73. The maximum Gasteiger partial charge on any atom is 0.263 e. The standard InChI is InChI=1S/C14H15ClN2O2S/c1-10(2)11-6-8-12(9-7-11)20(18,19)17-14-5-3-4-13(15)16-14/h3-10H,1-2H3,(H,16,17). The van der Waals surface area contributed by atoms with Crippen molar-refractivity contribution in [3.8, 4) is 0 Å². The van der Waals surface area contributed by atoms with Gasteiger partial charge in [0.25, 0.3) is 10.0 Å². The summed E-state index contributed by atoms with van der Waals surface area (Å²) in [5, 5.41) is 0.236. The number of hydrogen-bond acceptors (Lipinski definition) is 3. The quantitative estimate of drug-likeness (QED) is 0.877. The highest BCUT2D eigenvalue weighted by atomic mass is 35.5. The zero-order valence-corrected chi connectivity index (χ0v) is 12.7. The number of rotatable bonds is 4. The Morgan fingerprint density at radius 2 is 1.75 bits per heavy atom. The second-order valence-electron chi connectivity index (χ2n) is 4.67. The fraction of sp³-hybridized carbons (Fsp3) is 0.214. The van der Waals surface area contributed by atoms with Crippen molar-refractivity contribution in [2.24, 2.45) is 0 Å². The molecular weight excluding hydrogens is 296 g/mol. The highest BCUT2D eigenvalue weighted by molar-refractivity contribution is 7.92. The molecule has 6 heteroatoms. The number of nitrogens with one attached hydrogen (secondary N) is 1. The van der Waals surface area contributed by atoms with Crippen LogP contribution >= 0.6 is 11.6 Å². The smallest absolute Gasteiger partial charge is 0.263 e. The molecular formula is C14H15ClN2O2S. The molecule has 2 rings (SSSR count). The third kappa shape index (κ3) is 3.49. The molecule has 0 radical (unpaired) electrons. The van der Waals surface area contributed by atoms with E-state index in [1.165, 1.54) is 0 Å². The van der Waals surface area contributed by atoms with Crippen molar-refractivity contribution < 1.29 is 8.42 Å². The van der Waals surface area contributed by atoms with Gasteiger partial charge in [-0.1, -0.05) is 43.6 Å². The van der Waals surface area contributed by atoms with Gasteiger partial charge >= 0.3 is 0 Å². The molecule has 1 aromatic carbocycles. The van der Waals surface area contributed by atoms with Crippen LogP contribution in [0.15, 0.2) is 47.4 Å². The molecule has 0 unspecified atom stereocenters. The van der Waals surface area contributed by atoms with Crippen LogP contribution in [0.4, 0.5) is 5.82 Å². The van der Waals surface area contributed by atoms with E-state index in [0.717, 1.165) is 5.56 Å². The Bertz CT molecular complexity index is 697. The van der Waals surface area contributed by atoms with Crippen molar-refractivity contribution >= 4 is 27.4 Å². The van der Waals surface area contributed by atoms with Gasteiger partial charge in [0.2, 0.25) is 0 Å². The molecule has 0 aliphatic carbocycles. The number of hydrogen-bond donors (Lipinski definition) is 1. The van der Waals surface area contributed by atoms with Gasteiger partial charge in [-0.05, 0) is 35.7 Å². The molecule has 0 saturated carbocycles. The van der Waals surface area contributed by atoms with Crippen molar-refractivity contribution in [2.75, 3.05) is 4.72 Å². The lowest BCUT2D eigenvalue weighted by Gasteiger charge is -2.09. The normalized spacial score (nSPS) is 11.6. The molecule has 0 aliphatic rings. The molecule has 0 spiro atoms. The van der Waals surface area contributed by atoms with Gasteiger partial charge in [0, 0.05) is 0 Å². The first-order chi connectivity index (χ1) is 9.38. The Morgan fingerprint density at radius 3 is 2.30 bits per heavy atom. The number of benzene rings is 1. The molecule has 1 N–H and O–H groups in total. The fourth-order valence-electron chi connectivity index (χ4n) is 1.69. The number of anilines is 1. The SMILES string of the molecule is CC(C)c1ccc(S(=O)(=O)Nc2cccc(Cl)n2)cc1. The molecule has 0 fully saturated rings. The van der Waals surface area contributed by atoms with Crippen LogP contribution in [0.5, 0.6) is 0 Å². The summed E-state index contributed by atoms with van der Waals surface area (Å²) in [6.45, 7) is 4.11. The zero-order chi connectivity index (χ0) is 14.8. The summed E-state index contributed by atoms with van der Waals surface area (Å²) in [5.74, 6) is 0.555. The highest BCUT2D eigenvalue weighted by Crippen LogP contribution is 2.19. The van der Waals surface area contributed by atoms with Gasteiger partial charge in [-0.25, -0.2) is 13.4 Å². The lowest BCUT2D eigenvalue weighted by atomic mass is 10.0. The highest BCUT2D eigenvalue weighted by Gasteiger charge is 2.15. The molecule has 2 aromatic rings. The Balaban J connectivity index is 2.26.